The van der Waals surface area contributed by atoms with Gasteiger partial charge in [-0.3, -0.25) is 9.59 Å². The van der Waals surface area contributed by atoms with Crippen molar-refractivity contribution in [3.05, 3.63) is 0 Å². The molecule has 0 aromatic carbocycles. The van der Waals surface area contributed by atoms with Crippen LogP contribution in [0.5, 0.6) is 0 Å². The van der Waals surface area contributed by atoms with E-state index in [0.29, 0.717) is 0 Å². The fourth-order valence-corrected chi connectivity index (χ4v) is 0.338. The van der Waals surface area contributed by atoms with Crippen molar-refractivity contribution in [1.82, 2.24) is 0 Å². The van der Waals surface area contributed by atoms with Crippen LogP contribution < -0.4 is 0 Å². The number of Topliss-reactive ketones (excluding diaryl/α,β-unsaturated/α-hetero) is 2. The summed E-state index contributed by atoms with van der Waals surface area (Å²) in [5, 5.41) is 0. The van der Waals surface area contributed by atoms with Crippen LogP contribution in [0.4, 0.5) is 0 Å². The highest BCUT2D eigenvalue weighted by molar-refractivity contribution is 5.79. The Hall–Kier alpha value is -4.58. The van der Waals surface area contributed by atoms with Crippen molar-refractivity contribution in [1.29, 1.82) is 0 Å². The SMILES string of the molecule is CC(=O)COCC(C)=O.O.O.O.O.O.O.O.O.O.O.O.O.O.O.O.O.O.O.O.O.O.O.O.O.O.O.O.O.O.O.O.O.O.O.O.O.O.O.O.O.O.O.O.O.O.O.O.O.O.O.O.O.O.O.O.O.O.O.O.O.O.O.O.O.O.O.O.O.O.O.O.O.O.O.O.O.O.O.O.O.O.O.O.O.O.O.O.O.O.O.O.O.O.O.O.O.O. The van der Waals surface area contributed by atoms with Crippen LogP contribution in [-0.4, -0.2) is 556 Å². The Bertz CT molecular complexity index is 128. The van der Waals surface area contributed by atoms with Gasteiger partial charge in [0.1, 0.15) is 13.2 Å². The van der Waals surface area contributed by atoms with E-state index in [4.69, 9.17) is 0 Å². The van der Waals surface area contributed by atoms with E-state index in [2.05, 4.69) is 4.74 Å². The fraction of sp³-hybridized carbons (Fsp3) is 0.667. The van der Waals surface area contributed by atoms with Gasteiger partial charge >= 0.3 is 0 Å². The van der Waals surface area contributed by atoms with Crippen molar-refractivity contribution in [3.63, 3.8) is 0 Å². The van der Waals surface area contributed by atoms with Crippen LogP contribution in [0.15, 0.2) is 0 Å². The molecule has 100 nitrogen and oxygen atoms in total. The lowest BCUT2D eigenvalue weighted by molar-refractivity contribution is -0.126. The van der Waals surface area contributed by atoms with E-state index in [-0.39, 0.29) is 556 Å². The first-order valence-electron chi connectivity index (χ1n) is 2.69. The summed E-state index contributed by atoms with van der Waals surface area (Å²) in [6.45, 7) is 2.92. The van der Waals surface area contributed by atoms with Gasteiger partial charge in [-0.1, -0.05) is 0 Å². The molecule has 0 saturated carbocycles. The molecule has 0 aliphatic carbocycles. The Labute approximate surface area is 586 Å². The van der Waals surface area contributed by atoms with Crippen LogP contribution in [0.3, 0.4) is 0 Å². The number of ketones is 2. The van der Waals surface area contributed by atoms with E-state index in [9.17, 15) is 9.59 Å². The Morgan fingerprint density at radius 3 is 0.151 bits per heavy atom. The number of carbonyl (C=O) groups is 2. The quantitative estimate of drug-likeness (QED) is 0.265. The molecular formula is C6H204O100. The molecule has 0 aliphatic rings. The average molecular weight is 1880 g/mol. The summed E-state index contributed by atoms with van der Waals surface area (Å²) in [4.78, 5) is 20.4. The molecule has 0 heterocycles. The third kappa shape index (κ3) is 478000. The molecule has 100 heteroatoms. The first kappa shape index (κ1) is 87400. The van der Waals surface area contributed by atoms with Crippen molar-refractivity contribution in [3.8, 4) is 0 Å². The molecule has 0 unspecified atom stereocenters. The van der Waals surface area contributed by atoms with Gasteiger partial charge in [-0.05, 0) is 13.8 Å². The minimum absolute atomic E-state index is 0. The number of hydrogen-bond donors (Lipinski definition) is 0. The van der Waals surface area contributed by atoms with E-state index >= 15 is 0 Å². The second-order valence-corrected chi connectivity index (χ2v) is 1.90. The molecule has 0 atom stereocenters. The molecule has 0 radical (unpaired) electrons. The monoisotopic (exact) mass is 1880 g/mol. The number of rotatable bonds is 4. The van der Waals surface area contributed by atoms with Crippen LogP contribution in [0.25, 0.3) is 0 Å². The second-order valence-electron chi connectivity index (χ2n) is 1.90. The lowest BCUT2D eigenvalue weighted by Crippen LogP contribution is -2.09. The van der Waals surface area contributed by atoms with E-state index in [1.807, 2.05) is 0 Å². The van der Waals surface area contributed by atoms with Crippen molar-refractivity contribution in [2.75, 3.05) is 13.2 Å². The standard InChI is InChI=1S/C6H10O3.97H2O/c1-5(7)3-9-4-6(2)8;;;;;;;;;;;;;;;;;;;;;;;;;;;;;;;;;;;;;;;;;;;;;;;;;;;;;;;;;;;;;;;;;;;;;;;;;;;;;;;;;;;;;;;;;;;;;;;;;/h3-4H2,1-2H3;97*1H2. The highest BCUT2D eigenvalue weighted by Gasteiger charge is 1.94. The highest BCUT2D eigenvalue weighted by atomic mass is 16.5. The predicted molar refractivity (Wildman–Crippen MR) is 383 cm³/mol. The smallest absolute Gasteiger partial charge is 0.155 e. The summed E-state index contributed by atoms with van der Waals surface area (Å²) in [7, 11) is 0. The maximum atomic E-state index is 10.2. The van der Waals surface area contributed by atoms with Gasteiger partial charge in [-0.15, -0.1) is 0 Å². The number of carbonyl (C=O) groups excluding carboxylic acids is 2. The second kappa shape index (κ2) is 50800. The molecule has 0 rings (SSSR count). The minimum Gasteiger partial charge on any atom is -0.412 e. The fourth-order valence-electron chi connectivity index (χ4n) is 0.338. The van der Waals surface area contributed by atoms with Crippen molar-refractivity contribution >= 4 is 11.6 Å². The van der Waals surface area contributed by atoms with E-state index < -0.39 is 0 Å². The number of ether oxygens (including phenoxy) is 1. The molecule has 0 bridgehead atoms. The number of hydrogen-bond acceptors (Lipinski definition) is 3. The topological polar surface area (TPSA) is 3100 Å². The van der Waals surface area contributed by atoms with Gasteiger partial charge in [-0.25, -0.2) is 0 Å². The molecule has 0 saturated heterocycles. The van der Waals surface area contributed by atoms with Gasteiger partial charge < -0.3 is 536 Å². The van der Waals surface area contributed by atoms with Crippen molar-refractivity contribution in [2.45, 2.75) is 13.8 Å². The summed E-state index contributed by atoms with van der Waals surface area (Å²) in [5.74, 6) is -0.118. The molecule has 0 amide bonds. The summed E-state index contributed by atoms with van der Waals surface area (Å²) in [6.07, 6.45) is 0. The van der Waals surface area contributed by atoms with Crippen LogP contribution >= 0.6 is 0 Å². The molecule has 106 heavy (non-hydrogen) atoms. The molecule has 0 aromatic heterocycles. The third-order valence-corrected chi connectivity index (χ3v) is 0.611. The molecule has 194 N–H and O–H groups in total. The summed E-state index contributed by atoms with van der Waals surface area (Å²) < 4.78 is 4.66. The Balaban J connectivity index is -0.0000000000687. The zero-order chi connectivity index (χ0) is 7.28. The van der Waals surface area contributed by atoms with E-state index in [1.54, 1.807) is 0 Å². The maximum Gasteiger partial charge on any atom is 0.155 e. The molecular weight excluding hydrogens is 1670 g/mol. The van der Waals surface area contributed by atoms with Crippen LogP contribution in [0.1, 0.15) is 13.8 Å². The molecule has 0 aliphatic heterocycles. The van der Waals surface area contributed by atoms with Crippen molar-refractivity contribution < 1.29 is 546 Å². The molecule has 0 fully saturated rings. The van der Waals surface area contributed by atoms with Crippen LogP contribution in [-0.2, 0) is 14.3 Å². The van der Waals surface area contributed by atoms with Crippen LogP contribution in [0, 0.1) is 0 Å². The predicted octanol–water partition coefficient (Wildman–Crippen LogP) is -79.8. The largest absolute Gasteiger partial charge is 0.412 e. The summed E-state index contributed by atoms with van der Waals surface area (Å²) >= 11 is 0. The average Bonchev–Trinajstić information content (AvgIpc) is 1.63. The van der Waals surface area contributed by atoms with Crippen LogP contribution in [0.2, 0.25) is 0 Å². The third-order valence-electron chi connectivity index (χ3n) is 0.611. The van der Waals surface area contributed by atoms with Gasteiger partial charge in [0.05, 0.1) is 0 Å². The Morgan fingerprint density at radius 1 is 0.104 bits per heavy atom. The Morgan fingerprint density at radius 2 is 0.132 bits per heavy atom. The molecule has 828 valence electrons. The van der Waals surface area contributed by atoms with Gasteiger partial charge in [0.2, 0.25) is 0 Å². The summed E-state index contributed by atoms with van der Waals surface area (Å²) in [5.41, 5.74) is 0. The van der Waals surface area contributed by atoms with Gasteiger partial charge in [-0.2, -0.15) is 0 Å². The summed E-state index contributed by atoms with van der Waals surface area (Å²) in [6, 6.07) is 0. The Kier molecular flexibility index (Phi) is 41900000. The van der Waals surface area contributed by atoms with Gasteiger partial charge in [0.15, 0.2) is 11.6 Å². The minimum atomic E-state index is -0.0590. The molecule has 0 spiro atoms. The van der Waals surface area contributed by atoms with Gasteiger partial charge in [0.25, 0.3) is 0 Å². The maximum absolute atomic E-state index is 10.2. The zero-order valence-electron chi connectivity index (χ0n) is 54.1. The zero-order valence-corrected chi connectivity index (χ0v) is 54.1. The highest BCUT2D eigenvalue weighted by Crippen LogP contribution is 1.76. The van der Waals surface area contributed by atoms with E-state index in [1.165, 1.54) is 13.8 Å². The molecule has 0 aromatic rings. The van der Waals surface area contributed by atoms with Crippen molar-refractivity contribution in [2.24, 2.45) is 0 Å². The van der Waals surface area contributed by atoms with E-state index in [0.717, 1.165) is 0 Å². The lowest BCUT2D eigenvalue weighted by Gasteiger charge is -1.94. The van der Waals surface area contributed by atoms with Gasteiger partial charge in [0, 0.05) is 0 Å². The first-order chi connectivity index (χ1) is 4.13. The normalized spacial score (nSPS) is 0.774. The first-order valence-corrected chi connectivity index (χ1v) is 2.69. The lowest BCUT2D eigenvalue weighted by atomic mass is 10.4.